The predicted molar refractivity (Wildman–Crippen MR) is 82.3 cm³/mol. The summed E-state index contributed by atoms with van der Waals surface area (Å²) in [5, 5.41) is 3.48. The lowest BCUT2D eigenvalue weighted by atomic mass is 10.1. The summed E-state index contributed by atoms with van der Waals surface area (Å²) in [5.74, 6) is 0.884. The van der Waals surface area contributed by atoms with Gasteiger partial charge in [0.05, 0.1) is 13.7 Å². The lowest BCUT2D eigenvalue weighted by Crippen LogP contribution is -2.04. The largest absolute Gasteiger partial charge is 0.497 e. The minimum Gasteiger partial charge on any atom is -0.497 e. The van der Waals surface area contributed by atoms with Crippen LogP contribution in [0.5, 0.6) is 5.75 Å². The minimum atomic E-state index is 0.737. The maximum absolute atomic E-state index is 5.16. The summed E-state index contributed by atoms with van der Waals surface area (Å²) >= 11 is 0. The number of anilines is 1. The van der Waals surface area contributed by atoms with Gasteiger partial charge < -0.3 is 14.8 Å². The molecule has 2 aromatic carbocycles. The van der Waals surface area contributed by atoms with Crippen LogP contribution in [0.1, 0.15) is 11.1 Å². The van der Waals surface area contributed by atoms with Crippen molar-refractivity contribution in [3.63, 3.8) is 0 Å². The molecule has 2 aromatic rings. The molecule has 0 radical (unpaired) electrons. The summed E-state index contributed by atoms with van der Waals surface area (Å²) in [6, 6.07) is 16.5. The molecule has 0 fully saturated rings. The van der Waals surface area contributed by atoms with Crippen molar-refractivity contribution in [2.75, 3.05) is 26.1 Å². The van der Waals surface area contributed by atoms with Crippen LogP contribution < -0.4 is 10.1 Å². The van der Waals surface area contributed by atoms with E-state index in [-0.39, 0.29) is 0 Å². The van der Waals surface area contributed by atoms with Crippen LogP contribution >= 0.6 is 0 Å². The van der Waals surface area contributed by atoms with Gasteiger partial charge in [0, 0.05) is 19.3 Å². The Bertz CT molecular complexity index is 523. The summed E-state index contributed by atoms with van der Waals surface area (Å²) in [6.45, 7) is 1.54. The van der Waals surface area contributed by atoms with E-state index in [0.29, 0.717) is 0 Å². The van der Waals surface area contributed by atoms with Gasteiger partial charge in [-0.3, -0.25) is 0 Å². The highest BCUT2D eigenvalue weighted by Gasteiger charge is 2.01. The Hall–Kier alpha value is -2.00. The molecule has 0 saturated carbocycles. The Morgan fingerprint density at radius 2 is 1.70 bits per heavy atom. The highest BCUT2D eigenvalue weighted by Crippen LogP contribution is 2.18. The summed E-state index contributed by atoms with van der Waals surface area (Å²) < 4.78 is 10.3. The van der Waals surface area contributed by atoms with Gasteiger partial charge in [-0.25, -0.2) is 0 Å². The highest BCUT2D eigenvalue weighted by atomic mass is 16.5. The van der Waals surface area contributed by atoms with Crippen molar-refractivity contribution >= 4 is 5.69 Å². The van der Waals surface area contributed by atoms with Crippen LogP contribution in [0, 0.1) is 0 Å². The number of hydrogen-bond donors (Lipinski definition) is 1. The summed E-state index contributed by atoms with van der Waals surface area (Å²) in [4.78, 5) is 0. The van der Waals surface area contributed by atoms with Crippen molar-refractivity contribution in [1.29, 1.82) is 0 Å². The third-order valence-corrected chi connectivity index (χ3v) is 3.23. The van der Waals surface area contributed by atoms with Crippen LogP contribution in [0.25, 0.3) is 0 Å². The van der Waals surface area contributed by atoms with Gasteiger partial charge in [0.15, 0.2) is 0 Å². The monoisotopic (exact) mass is 271 g/mol. The standard InChI is InChI=1S/C17H21NO2/c1-19-12-11-15-5-3-4-6-17(15)18-13-14-7-9-16(20-2)10-8-14/h3-10,18H,11-13H2,1-2H3. The Morgan fingerprint density at radius 3 is 2.40 bits per heavy atom. The Kier molecular flexibility index (Phi) is 5.44. The number of rotatable bonds is 7. The molecule has 20 heavy (non-hydrogen) atoms. The molecule has 0 aliphatic rings. The maximum Gasteiger partial charge on any atom is 0.118 e. The van der Waals surface area contributed by atoms with Crippen molar-refractivity contribution in [3.8, 4) is 5.75 Å². The van der Waals surface area contributed by atoms with E-state index in [4.69, 9.17) is 9.47 Å². The molecule has 3 nitrogen and oxygen atoms in total. The molecule has 0 unspecified atom stereocenters. The third-order valence-electron chi connectivity index (χ3n) is 3.23. The molecular weight excluding hydrogens is 250 g/mol. The van der Waals surface area contributed by atoms with E-state index >= 15 is 0 Å². The van der Waals surface area contributed by atoms with Crippen LogP contribution in [0.2, 0.25) is 0 Å². The average molecular weight is 271 g/mol. The first-order chi connectivity index (χ1) is 9.83. The first-order valence-corrected chi connectivity index (χ1v) is 6.77. The van der Waals surface area contributed by atoms with Crippen LogP contribution in [-0.4, -0.2) is 20.8 Å². The zero-order valence-electron chi connectivity index (χ0n) is 12.1. The SMILES string of the molecule is COCCc1ccccc1NCc1ccc(OC)cc1. The molecule has 0 saturated heterocycles. The van der Waals surface area contributed by atoms with Crippen LogP contribution in [0.3, 0.4) is 0 Å². The lowest BCUT2D eigenvalue weighted by Gasteiger charge is -2.12. The first kappa shape index (κ1) is 14.4. The number of methoxy groups -OCH3 is 2. The van der Waals surface area contributed by atoms with E-state index in [1.165, 1.54) is 16.8 Å². The average Bonchev–Trinajstić information content (AvgIpc) is 2.52. The van der Waals surface area contributed by atoms with E-state index in [1.807, 2.05) is 18.2 Å². The number of nitrogens with one attached hydrogen (secondary N) is 1. The molecule has 0 spiro atoms. The van der Waals surface area contributed by atoms with Crippen molar-refractivity contribution in [1.82, 2.24) is 0 Å². The van der Waals surface area contributed by atoms with E-state index < -0.39 is 0 Å². The number of hydrogen-bond acceptors (Lipinski definition) is 3. The molecule has 106 valence electrons. The topological polar surface area (TPSA) is 30.5 Å². The van der Waals surface area contributed by atoms with Gasteiger partial charge in [-0.2, -0.15) is 0 Å². The fourth-order valence-corrected chi connectivity index (χ4v) is 2.06. The van der Waals surface area contributed by atoms with Gasteiger partial charge in [0.2, 0.25) is 0 Å². The molecule has 1 N–H and O–H groups in total. The molecule has 3 heteroatoms. The molecule has 0 atom stereocenters. The molecule has 0 aromatic heterocycles. The minimum absolute atomic E-state index is 0.737. The quantitative estimate of drug-likeness (QED) is 0.836. The number of para-hydroxylation sites is 1. The molecule has 2 rings (SSSR count). The van der Waals surface area contributed by atoms with Gasteiger partial charge in [0.1, 0.15) is 5.75 Å². The van der Waals surface area contributed by atoms with Gasteiger partial charge in [-0.1, -0.05) is 30.3 Å². The first-order valence-electron chi connectivity index (χ1n) is 6.77. The van der Waals surface area contributed by atoms with Gasteiger partial charge >= 0.3 is 0 Å². The second-order valence-corrected chi connectivity index (χ2v) is 4.60. The molecule has 0 aliphatic heterocycles. The Labute approximate surface area is 120 Å². The smallest absolute Gasteiger partial charge is 0.118 e. The number of ether oxygens (including phenoxy) is 2. The number of benzene rings is 2. The van der Waals surface area contributed by atoms with E-state index in [9.17, 15) is 0 Å². The Balaban J connectivity index is 1.98. The zero-order valence-corrected chi connectivity index (χ0v) is 12.1. The second-order valence-electron chi connectivity index (χ2n) is 4.60. The highest BCUT2D eigenvalue weighted by molar-refractivity contribution is 5.51. The van der Waals surface area contributed by atoms with Crippen LogP contribution in [-0.2, 0) is 17.7 Å². The molecule has 0 amide bonds. The molecule has 0 aliphatic carbocycles. The molecule has 0 bridgehead atoms. The fourth-order valence-electron chi connectivity index (χ4n) is 2.06. The normalized spacial score (nSPS) is 10.3. The van der Waals surface area contributed by atoms with Crippen molar-refractivity contribution in [2.45, 2.75) is 13.0 Å². The van der Waals surface area contributed by atoms with E-state index in [1.54, 1.807) is 14.2 Å². The Morgan fingerprint density at radius 1 is 0.950 bits per heavy atom. The summed E-state index contributed by atoms with van der Waals surface area (Å²) in [5.41, 5.74) is 3.68. The van der Waals surface area contributed by atoms with Crippen molar-refractivity contribution < 1.29 is 9.47 Å². The molecule has 0 heterocycles. The van der Waals surface area contributed by atoms with Crippen molar-refractivity contribution in [3.05, 3.63) is 59.7 Å². The summed E-state index contributed by atoms with van der Waals surface area (Å²) in [7, 11) is 3.41. The van der Waals surface area contributed by atoms with Gasteiger partial charge in [-0.05, 0) is 35.7 Å². The maximum atomic E-state index is 5.16. The fraction of sp³-hybridized carbons (Fsp3) is 0.294. The third kappa shape index (κ3) is 4.00. The van der Waals surface area contributed by atoms with E-state index in [0.717, 1.165) is 25.3 Å². The van der Waals surface area contributed by atoms with Gasteiger partial charge in [0.25, 0.3) is 0 Å². The molecular formula is C17H21NO2. The van der Waals surface area contributed by atoms with Crippen LogP contribution in [0.4, 0.5) is 5.69 Å². The predicted octanol–water partition coefficient (Wildman–Crippen LogP) is 3.50. The lowest BCUT2D eigenvalue weighted by molar-refractivity contribution is 0.202. The van der Waals surface area contributed by atoms with Gasteiger partial charge in [-0.15, -0.1) is 0 Å². The zero-order chi connectivity index (χ0) is 14.2. The van der Waals surface area contributed by atoms with E-state index in [2.05, 4.69) is 35.6 Å². The van der Waals surface area contributed by atoms with Crippen molar-refractivity contribution in [2.24, 2.45) is 0 Å². The van der Waals surface area contributed by atoms with Crippen LogP contribution in [0.15, 0.2) is 48.5 Å². The second kappa shape index (κ2) is 7.56. The summed E-state index contributed by atoms with van der Waals surface area (Å²) in [6.07, 6.45) is 0.919.